The highest BCUT2D eigenvalue weighted by Gasteiger charge is 2.12. The first kappa shape index (κ1) is 13.5. The van der Waals surface area contributed by atoms with Crippen LogP contribution in [0.3, 0.4) is 0 Å². The number of ether oxygens (including phenoxy) is 1. The molecule has 2 aromatic rings. The fourth-order valence-electron chi connectivity index (χ4n) is 1.48. The molecule has 0 spiro atoms. The first-order chi connectivity index (χ1) is 9.08. The molecule has 0 aliphatic heterocycles. The van der Waals surface area contributed by atoms with E-state index in [9.17, 15) is 13.6 Å². The van der Waals surface area contributed by atoms with Crippen molar-refractivity contribution in [2.75, 3.05) is 6.61 Å². The topological polar surface area (TPSA) is 26.3 Å². The summed E-state index contributed by atoms with van der Waals surface area (Å²) in [4.78, 5) is 11.7. The summed E-state index contributed by atoms with van der Waals surface area (Å²) in [6, 6.07) is 9.49. The molecule has 0 atom stereocenters. The van der Waals surface area contributed by atoms with Gasteiger partial charge in [-0.3, -0.25) is 4.79 Å². The van der Waals surface area contributed by atoms with E-state index < -0.39 is 24.0 Å². The smallest absolute Gasteiger partial charge is 0.200 e. The highest BCUT2D eigenvalue weighted by atomic mass is 35.5. The maximum absolute atomic E-state index is 13.3. The van der Waals surface area contributed by atoms with Crippen molar-refractivity contribution in [3.63, 3.8) is 0 Å². The molecule has 19 heavy (non-hydrogen) atoms. The van der Waals surface area contributed by atoms with Crippen molar-refractivity contribution in [3.05, 3.63) is 64.7 Å². The average molecular weight is 283 g/mol. The second kappa shape index (κ2) is 5.80. The first-order valence-electron chi connectivity index (χ1n) is 5.43. The molecule has 98 valence electrons. The molecule has 0 unspecified atom stereocenters. The van der Waals surface area contributed by atoms with Crippen molar-refractivity contribution in [1.29, 1.82) is 0 Å². The summed E-state index contributed by atoms with van der Waals surface area (Å²) in [5.74, 6) is -2.63. The molecule has 5 heteroatoms. The van der Waals surface area contributed by atoms with Crippen LogP contribution >= 0.6 is 11.6 Å². The summed E-state index contributed by atoms with van der Waals surface area (Å²) in [5.41, 5.74) is 0.362. The fraction of sp³-hybridized carbons (Fsp3) is 0.0714. The van der Waals surface area contributed by atoms with Crippen LogP contribution in [0.1, 0.15) is 10.4 Å². The molecule has 0 aromatic heterocycles. The Morgan fingerprint density at radius 1 is 1.05 bits per heavy atom. The predicted molar refractivity (Wildman–Crippen MR) is 67.6 cm³/mol. The molecule has 0 saturated carbocycles. The molecule has 0 amide bonds. The highest BCUT2D eigenvalue weighted by Crippen LogP contribution is 2.21. The number of rotatable bonds is 4. The molecule has 0 aliphatic carbocycles. The van der Waals surface area contributed by atoms with Gasteiger partial charge in [-0.2, -0.15) is 0 Å². The number of benzene rings is 2. The Balaban J connectivity index is 2.06. The summed E-state index contributed by atoms with van der Waals surface area (Å²) in [6.07, 6.45) is 0. The Hall–Kier alpha value is -1.94. The van der Waals surface area contributed by atoms with Gasteiger partial charge in [0, 0.05) is 10.6 Å². The van der Waals surface area contributed by atoms with Gasteiger partial charge >= 0.3 is 0 Å². The maximum atomic E-state index is 13.3. The average Bonchev–Trinajstić information content (AvgIpc) is 2.38. The molecule has 0 fully saturated rings. The lowest BCUT2D eigenvalue weighted by Crippen LogP contribution is -2.12. The van der Waals surface area contributed by atoms with E-state index in [0.717, 1.165) is 12.1 Å². The van der Waals surface area contributed by atoms with Crippen molar-refractivity contribution in [1.82, 2.24) is 0 Å². The number of carbonyl (C=O) groups excluding carboxylic acids is 1. The summed E-state index contributed by atoms with van der Waals surface area (Å²) in [7, 11) is 0. The van der Waals surface area contributed by atoms with Crippen LogP contribution in [0.4, 0.5) is 8.78 Å². The first-order valence-corrected chi connectivity index (χ1v) is 5.81. The summed E-state index contributed by atoms with van der Waals surface area (Å²) >= 11 is 5.69. The van der Waals surface area contributed by atoms with Crippen LogP contribution in [0.5, 0.6) is 5.75 Å². The van der Waals surface area contributed by atoms with Crippen LogP contribution in [0, 0.1) is 11.6 Å². The van der Waals surface area contributed by atoms with E-state index in [4.69, 9.17) is 16.3 Å². The molecule has 0 aliphatic rings. The molecule has 0 N–H and O–H groups in total. The Kier molecular flexibility index (Phi) is 4.12. The lowest BCUT2D eigenvalue weighted by Gasteiger charge is -2.07. The van der Waals surface area contributed by atoms with E-state index in [0.29, 0.717) is 10.6 Å². The molecular formula is C14H9ClF2O2. The standard InChI is InChI=1S/C14H9ClF2O2/c15-10-6-4-9(5-7-10)13(18)8-19-14-11(16)2-1-3-12(14)17/h1-7H,8H2. The van der Waals surface area contributed by atoms with Gasteiger partial charge in [0.15, 0.2) is 29.8 Å². The van der Waals surface area contributed by atoms with Gasteiger partial charge in [0.2, 0.25) is 0 Å². The van der Waals surface area contributed by atoms with E-state index >= 15 is 0 Å². The van der Waals surface area contributed by atoms with E-state index in [1.807, 2.05) is 0 Å². The monoisotopic (exact) mass is 282 g/mol. The Morgan fingerprint density at radius 2 is 1.63 bits per heavy atom. The van der Waals surface area contributed by atoms with E-state index in [1.165, 1.54) is 18.2 Å². The zero-order valence-corrected chi connectivity index (χ0v) is 10.5. The van der Waals surface area contributed by atoms with Gasteiger partial charge in [0.25, 0.3) is 0 Å². The van der Waals surface area contributed by atoms with Gasteiger partial charge in [-0.1, -0.05) is 17.7 Å². The van der Waals surface area contributed by atoms with Crippen molar-refractivity contribution < 1.29 is 18.3 Å². The highest BCUT2D eigenvalue weighted by molar-refractivity contribution is 6.30. The number of ketones is 1. The normalized spacial score (nSPS) is 10.3. The Morgan fingerprint density at radius 3 is 2.21 bits per heavy atom. The van der Waals surface area contributed by atoms with Crippen LogP contribution in [-0.4, -0.2) is 12.4 Å². The third-order valence-corrected chi connectivity index (χ3v) is 2.68. The molecule has 0 bridgehead atoms. The van der Waals surface area contributed by atoms with Gasteiger partial charge < -0.3 is 4.74 Å². The van der Waals surface area contributed by atoms with Crippen molar-refractivity contribution in [2.45, 2.75) is 0 Å². The van der Waals surface area contributed by atoms with Gasteiger partial charge in [-0.05, 0) is 36.4 Å². The fourth-order valence-corrected chi connectivity index (χ4v) is 1.60. The number of hydrogen-bond acceptors (Lipinski definition) is 2. The molecule has 0 heterocycles. The van der Waals surface area contributed by atoms with Crippen LogP contribution in [0.15, 0.2) is 42.5 Å². The van der Waals surface area contributed by atoms with Crippen LogP contribution < -0.4 is 4.74 Å². The number of hydrogen-bond donors (Lipinski definition) is 0. The summed E-state index contributed by atoms with van der Waals surface area (Å²) in [6.45, 7) is -0.445. The van der Waals surface area contributed by atoms with Gasteiger partial charge in [0.1, 0.15) is 0 Å². The Labute approximate surface area is 113 Å². The number of carbonyl (C=O) groups is 1. The van der Waals surface area contributed by atoms with Crippen molar-refractivity contribution in [3.8, 4) is 5.75 Å². The minimum absolute atomic E-state index is 0.362. The molecule has 2 rings (SSSR count). The van der Waals surface area contributed by atoms with Gasteiger partial charge in [0.05, 0.1) is 0 Å². The van der Waals surface area contributed by atoms with Crippen LogP contribution in [0.25, 0.3) is 0 Å². The molecule has 2 aromatic carbocycles. The van der Waals surface area contributed by atoms with Gasteiger partial charge in [-0.25, -0.2) is 8.78 Å². The second-order valence-electron chi connectivity index (χ2n) is 3.77. The lowest BCUT2D eigenvalue weighted by atomic mass is 10.1. The largest absolute Gasteiger partial charge is 0.479 e. The zero-order valence-electron chi connectivity index (χ0n) is 9.70. The molecular weight excluding hydrogens is 274 g/mol. The van der Waals surface area contributed by atoms with E-state index in [1.54, 1.807) is 12.1 Å². The lowest BCUT2D eigenvalue weighted by molar-refractivity contribution is 0.0915. The number of para-hydroxylation sites is 1. The predicted octanol–water partition coefficient (Wildman–Crippen LogP) is 3.88. The Bertz CT molecular complexity index is 577. The van der Waals surface area contributed by atoms with E-state index in [-0.39, 0.29) is 5.78 Å². The second-order valence-corrected chi connectivity index (χ2v) is 4.21. The van der Waals surface area contributed by atoms with Crippen molar-refractivity contribution >= 4 is 17.4 Å². The van der Waals surface area contributed by atoms with Crippen LogP contribution in [-0.2, 0) is 0 Å². The molecule has 0 saturated heterocycles. The maximum Gasteiger partial charge on any atom is 0.200 e. The van der Waals surface area contributed by atoms with Crippen LogP contribution in [0.2, 0.25) is 5.02 Å². The summed E-state index contributed by atoms with van der Waals surface area (Å²) < 4.78 is 31.4. The quantitative estimate of drug-likeness (QED) is 0.796. The minimum Gasteiger partial charge on any atom is -0.479 e. The molecule has 0 radical (unpaired) electrons. The van der Waals surface area contributed by atoms with Gasteiger partial charge in [-0.15, -0.1) is 0 Å². The minimum atomic E-state index is -0.844. The summed E-state index contributed by atoms with van der Waals surface area (Å²) in [5, 5.41) is 0.498. The SMILES string of the molecule is O=C(COc1c(F)cccc1F)c1ccc(Cl)cc1. The van der Waals surface area contributed by atoms with E-state index in [2.05, 4.69) is 0 Å². The third kappa shape index (κ3) is 3.29. The van der Waals surface area contributed by atoms with Crippen molar-refractivity contribution in [2.24, 2.45) is 0 Å². The zero-order chi connectivity index (χ0) is 13.8. The molecule has 2 nitrogen and oxygen atoms in total. The number of Topliss-reactive ketones (excluding diaryl/α,β-unsaturated/α-hetero) is 1. The third-order valence-electron chi connectivity index (χ3n) is 2.43. The number of halogens is 3.